The van der Waals surface area contributed by atoms with E-state index in [1.807, 2.05) is 58.0 Å². The van der Waals surface area contributed by atoms with Gasteiger partial charge in [-0.15, -0.1) is 0 Å². The Morgan fingerprint density at radius 3 is 2.40 bits per heavy atom. The van der Waals surface area contributed by atoms with Crippen LogP contribution in [0.4, 0.5) is 13.2 Å². The third-order valence-electron chi connectivity index (χ3n) is 6.90. The van der Waals surface area contributed by atoms with Crippen molar-refractivity contribution < 1.29 is 22.8 Å². The van der Waals surface area contributed by atoms with E-state index in [1.165, 1.54) is 19.2 Å². The van der Waals surface area contributed by atoms with Gasteiger partial charge in [0.2, 0.25) is 5.91 Å². The lowest BCUT2D eigenvalue weighted by atomic mass is 9.66. The molecule has 1 aliphatic heterocycles. The highest BCUT2D eigenvalue weighted by Crippen LogP contribution is 2.29. The van der Waals surface area contributed by atoms with Crippen LogP contribution >= 0.6 is 0 Å². The van der Waals surface area contributed by atoms with Gasteiger partial charge in [-0.25, -0.2) is 5.39 Å². The van der Waals surface area contributed by atoms with Gasteiger partial charge in [0.15, 0.2) is 0 Å². The molecule has 0 radical (unpaired) electrons. The van der Waals surface area contributed by atoms with Crippen molar-refractivity contribution in [1.82, 2.24) is 20.8 Å². The number of benzene rings is 2. The van der Waals surface area contributed by atoms with Crippen molar-refractivity contribution in [1.29, 1.82) is 0 Å². The number of carbonyl (C=O) groups is 1. The van der Waals surface area contributed by atoms with Crippen molar-refractivity contribution in [2.45, 2.75) is 58.4 Å². The molecule has 40 heavy (non-hydrogen) atoms. The number of amidine groups is 1. The van der Waals surface area contributed by atoms with Gasteiger partial charge in [0.1, 0.15) is 11.4 Å². The van der Waals surface area contributed by atoms with E-state index in [9.17, 15) is 18.0 Å². The zero-order chi connectivity index (χ0) is 29.5. The van der Waals surface area contributed by atoms with Crippen LogP contribution in [0, 0.1) is 5.92 Å². The summed E-state index contributed by atoms with van der Waals surface area (Å²) >= 11 is 0. The molecule has 7 nitrogen and oxygen atoms in total. The van der Waals surface area contributed by atoms with Gasteiger partial charge in [0, 0.05) is 18.5 Å². The van der Waals surface area contributed by atoms with Crippen LogP contribution in [-0.2, 0) is 22.4 Å². The first-order chi connectivity index (χ1) is 18.8. The SMILES string of the molecule is C=C(C)C(CCN(Cc1ccc(C(F)(F)F)cc1)B(NOC)c1ccccc1)C1=NCC(C)(C(=O)NC(C)C)N1. The molecular formula is C29H39BF3N5O2. The topological polar surface area (TPSA) is 78.0 Å². The van der Waals surface area contributed by atoms with E-state index in [-0.39, 0.29) is 24.8 Å². The van der Waals surface area contributed by atoms with Crippen LogP contribution in [0.15, 0.2) is 71.7 Å². The van der Waals surface area contributed by atoms with Crippen LogP contribution in [0.25, 0.3) is 0 Å². The van der Waals surface area contributed by atoms with Gasteiger partial charge in [-0.3, -0.25) is 9.79 Å². The second kappa shape index (κ2) is 13.5. The van der Waals surface area contributed by atoms with Crippen molar-refractivity contribution >= 4 is 24.2 Å². The highest BCUT2D eigenvalue weighted by molar-refractivity contribution is 6.67. The highest BCUT2D eigenvalue weighted by Gasteiger charge is 2.40. The van der Waals surface area contributed by atoms with Crippen LogP contribution < -0.4 is 21.5 Å². The number of hydrogen-bond donors (Lipinski definition) is 3. The molecule has 1 heterocycles. The molecule has 3 N–H and O–H groups in total. The van der Waals surface area contributed by atoms with Gasteiger partial charge in [0.05, 0.1) is 19.2 Å². The smallest absolute Gasteiger partial charge is 0.358 e. The van der Waals surface area contributed by atoms with Crippen LogP contribution in [0.1, 0.15) is 45.2 Å². The average Bonchev–Trinajstić information content (AvgIpc) is 3.29. The summed E-state index contributed by atoms with van der Waals surface area (Å²) in [5, 5.41) is 9.35. The maximum absolute atomic E-state index is 13.1. The molecular weight excluding hydrogens is 518 g/mol. The van der Waals surface area contributed by atoms with Crippen LogP contribution in [0.5, 0.6) is 0 Å². The van der Waals surface area contributed by atoms with Gasteiger partial charge < -0.3 is 20.3 Å². The molecule has 11 heteroatoms. The molecule has 1 aliphatic rings. The highest BCUT2D eigenvalue weighted by atomic mass is 19.4. The molecule has 0 spiro atoms. The van der Waals surface area contributed by atoms with E-state index in [4.69, 9.17) is 9.83 Å². The maximum Gasteiger partial charge on any atom is 0.416 e. The van der Waals surface area contributed by atoms with Crippen LogP contribution in [0.3, 0.4) is 0 Å². The molecule has 2 atom stereocenters. The number of halogens is 3. The number of nitrogens with zero attached hydrogens (tertiary/aromatic N) is 2. The Bertz CT molecular complexity index is 1170. The molecule has 2 aromatic rings. The van der Waals surface area contributed by atoms with E-state index in [1.54, 1.807) is 0 Å². The van der Waals surface area contributed by atoms with Gasteiger partial charge in [0.25, 0.3) is 0 Å². The summed E-state index contributed by atoms with van der Waals surface area (Å²) in [6.07, 6.45) is -3.79. The summed E-state index contributed by atoms with van der Waals surface area (Å²) < 4.78 is 39.4. The predicted octanol–water partition coefficient (Wildman–Crippen LogP) is 3.92. The number of rotatable bonds is 13. The standard InChI is InChI=1S/C29H39BF3N5O2/c1-20(2)25(26-34-19-28(5,36-26)27(39)35-21(3)4)16-17-38(30(37-40-6)24-10-8-7-9-11-24)18-22-12-14-23(15-13-22)29(31,32)33/h7-15,21,25,37H,1,16-19H2,2-6H3,(H,34,36)(H,35,39). The minimum atomic E-state index is -4.40. The van der Waals surface area contributed by atoms with E-state index < -0.39 is 17.3 Å². The molecule has 0 saturated heterocycles. The number of hydrogen-bond acceptors (Lipinski definition) is 6. The fourth-order valence-corrected chi connectivity index (χ4v) is 4.70. The number of carbonyl (C=O) groups excluding carboxylic acids is 1. The Labute approximate surface area is 235 Å². The van der Waals surface area contributed by atoms with Crippen LogP contribution in [-0.4, -0.2) is 55.3 Å². The number of aliphatic imine (C=N–C) groups is 1. The van der Waals surface area contributed by atoms with Crippen molar-refractivity contribution in [2.75, 3.05) is 20.2 Å². The second-order valence-electron chi connectivity index (χ2n) is 10.8. The summed E-state index contributed by atoms with van der Waals surface area (Å²) in [6, 6.07) is 14.9. The quantitative estimate of drug-likeness (QED) is 0.198. The summed E-state index contributed by atoms with van der Waals surface area (Å²) in [6.45, 7) is 12.6. The lowest BCUT2D eigenvalue weighted by Crippen LogP contribution is -2.58. The number of amides is 1. The third-order valence-corrected chi connectivity index (χ3v) is 6.90. The summed E-state index contributed by atoms with van der Waals surface area (Å²) in [7, 11) is 1.53. The molecule has 0 aliphatic carbocycles. The molecule has 2 aromatic carbocycles. The molecule has 0 fully saturated rings. The lowest BCUT2D eigenvalue weighted by molar-refractivity contribution is -0.137. The third kappa shape index (κ3) is 8.19. The van der Waals surface area contributed by atoms with E-state index in [0.717, 1.165) is 28.7 Å². The summed E-state index contributed by atoms with van der Waals surface area (Å²) in [5.41, 5.74) is 1.03. The van der Waals surface area contributed by atoms with Crippen LogP contribution in [0.2, 0.25) is 0 Å². The van der Waals surface area contributed by atoms with Gasteiger partial charge >= 0.3 is 13.2 Å². The first-order valence-electron chi connectivity index (χ1n) is 13.4. The maximum atomic E-state index is 13.1. The number of nitrogens with one attached hydrogen (secondary N) is 3. The van der Waals surface area contributed by atoms with Crippen molar-refractivity contribution in [3.8, 4) is 0 Å². The first-order valence-corrected chi connectivity index (χ1v) is 13.4. The minimum Gasteiger partial charge on any atom is -0.358 e. The fourth-order valence-electron chi connectivity index (χ4n) is 4.70. The molecule has 216 valence electrons. The lowest BCUT2D eigenvalue weighted by Gasteiger charge is -2.32. The van der Waals surface area contributed by atoms with E-state index in [2.05, 4.69) is 27.4 Å². The summed E-state index contributed by atoms with van der Waals surface area (Å²) in [5.74, 6) is 0.446. The zero-order valence-corrected chi connectivity index (χ0v) is 23.8. The average molecular weight is 557 g/mol. The summed E-state index contributed by atoms with van der Waals surface area (Å²) in [4.78, 5) is 25.0. The van der Waals surface area contributed by atoms with E-state index in [0.29, 0.717) is 31.9 Å². The Morgan fingerprint density at radius 2 is 1.85 bits per heavy atom. The van der Waals surface area contributed by atoms with E-state index >= 15 is 0 Å². The monoisotopic (exact) mass is 557 g/mol. The zero-order valence-electron chi connectivity index (χ0n) is 23.8. The Balaban J connectivity index is 1.84. The minimum absolute atomic E-state index is 0.00840. The Hall–Kier alpha value is -3.15. The molecule has 3 rings (SSSR count). The molecule has 1 amide bonds. The predicted molar refractivity (Wildman–Crippen MR) is 154 cm³/mol. The Kier molecular flexibility index (Phi) is 10.6. The van der Waals surface area contributed by atoms with Crippen molar-refractivity contribution in [3.63, 3.8) is 0 Å². The molecule has 0 aromatic heterocycles. The normalized spacial score (nSPS) is 17.9. The van der Waals surface area contributed by atoms with Crippen molar-refractivity contribution in [3.05, 3.63) is 77.9 Å². The van der Waals surface area contributed by atoms with Gasteiger partial charge in [-0.05, 0) is 63.8 Å². The van der Waals surface area contributed by atoms with Crippen molar-refractivity contribution in [2.24, 2.45) is 10.9 Å². The largest absolute Gasteiger partial charge is 0.416 e. The van der Waals surface area contributed by atoms with Gasteiger partial charge in [-0.2, -0.15) is 13.2 Å². The fraction of sp³-hybridized carbons (Fsp3) is 0.448. The molecule has 2 unspecified atom stereocenters. The number of alkyl halides is 3. The Morgan fingerprint density at radius 1 is 1.20 bits per heavy atom. The first kappa shape index (κ1) is 31.4. The molecule has 0 saturated carbocycles. The molecule has 0 bridgehead atoms. The second-order valence-corrected chi connectivity index (χ2v) is 10.8. The van der Waals surface area contributed by atoms with Gasteiger partial charge in [-0.1, -0.05) is 54.6 Å².